The number of nitrogens with one attached hydrogen (secondary N) is 1. The third-order valence-corrected chi connectivity index (χ3v) is 5.98. The van der Waals surface area contributed by atoms with Crippen LogP contribution in [-0.4, -0.2) is 40.2 Å². The second-order valence-corrected chi connectivity index (χ2v) is 7.70. The summed E-state index contributed by atoms with van der Waals surface area (Å²) in [6.07, 6.45) is 3.51. The lowest BCUT2D eigenvalue weighted by Crippen LogP contribution is -2.33. The van der Waals surface area contributed by atoms with E-state index < -0.39 is 5.25 Å². The van der Waals surface area contributed by atoms with Gasteiger partial charge in [0.15, 0.2) is 5.17 Å². The molecule has 5 nitrogen and oxygen atoms in total. The van der Waals surface area contributed by atoms with E-state index in [1.54, 1.807) is 18.2 Å². The van der Waals surface area contributed by atoms with Gasteiger partial charge in [-0.2, -0.15) is 4.99 Å². The second kappa shape index (κ2) is 7.76. The van der Waals surface area contributed by atoms with Gasteiger partial charge in [-0.3, -0.25) is 9.59 Å². The van der Waals surface area contributed by atoms with Crippen molar-refractivity contribution < 1.29 is 9.59 Å². The molecule has 2 amide bonds. The smallest absolute Gasteiger partial charge is 0.262 e. The topological polar surface area (TPSA) is 61.8 Å². The van der Waals surface area contributed by atoms with Gasteiger partial charge in [0.2, 0.25) is 5.91 Å². The van der Waals surface area contributed by atoms with Crippen LogP contribution in [0.2, 0.25) is 10.0 Å². The van der Waals surface area contributed by atoms with Crippen LogP contribution < -0.4 is 5.32 Å². The Morgan fingerprint density at radius 1 is 1.29 bits per heavy atom. The number of amides is 2. The normalized spacial score (nSPS) is 20.9. The standard InChI is InChI=1S/C16H17Cl2N3O2S/c17-10-5-4-6-11(14(10)18)19-13(22)9-12-15(23)20-16(24-12)21-7-2-1-3-8-21/h4-6,12H,1-3,7-9H2,(H,19,22)/t12-/m0/s1. The van der Waals surface area contributed by atoms with Crippen molar-refractivity contribution in [3.05, 3.63) is 28.2 Å². The number of nitrogens with zero attached hydrogens (tertiary/aromatic N) is 2. The molecule has 2 heterocycles. The molecule has 1 saturated heterocycles. The highest BCUT2D eigenvalue weighted by molar-refractivity contribution is 8.15. The highest BCUT2D eigenvalue weighted by atomic mass is 35.5. The fourth-order valence-electron chi connectivity index (χ4n) is 2.70. The second-order valence-electron chi connectivity index (χ2n) is 5.74. The minimum absolute atomic E-state index is 0.0627. The maximum absolute atomic E-state index is 12.2. The van der Waals surface area contributed by atoms with Gasteiger partial charge < -0.3 is 10.2 Å². The molecule has 0 saturated carbocycles. The molecule has 0 unspecified atom stereocenters. The molecule has 0 aliphatic carbocycles. The number of thioether (sulfide) groups is 1. The fraction of sp³-hybridized carbons (Fsp3) is 0.438. The van der Waals surface area contributed by atoms with E-state index in [0.717, 1.165) is 31.1 Å². The van der Waals surface area contributed by atoms with Gasteiger partial charge in [-0.25, -0.2) is 0 Å². The molecule has 1 atom stereocenters. The first kappa shape index (κ1) is 17.6. The summed E-state index contributed by atoms with van der Waals surface area (Å²) in [5.74, 6) is -0.520. The summed E-state index contributed by atoms with van der Waals surface area (Å²) < 4.78 is 0. The van der Waals surface area contributed by atoms with E-state index in [1.165, 1.54) is 18.2 Å². The molecule has 128 valence electrons. The van der Waals surface area contributed by atoms with Gasteiger partial charge in [-0.15, -0.1) is 0 Å². The lowest BCUT2D eigenvalue weighted by Gasteiger charge is -2.27. The van der Waals surface area contributed by atoms with Gasteiger partial charge >= 0.3 is 0 Å². The fourth-order valence-corrected chi connectivity index (χ4v) is 4.16. The molecule has 1 N–H and O–H groups in total. The SMILES string of the molecule is O=C(C[C@@H]1SC(N2CCCCC2)=NC1=O)Nc1cccc(Cl)c1Cl. The van der Waals surface area contributed by atoms with Gasteiger partial charge in [0.1, 0.15) is 5.25 Å². The Morgan fingerprint density at radius 2 is 2.04 bits per heavy atom. The Bertz CT molecular complexity index is 690. The van der Waals surface area contributed by atoms with Crippen LogP contribution in [0.15, 0.2) is 23.2 Å². The summed E-state index contributed by atoms with van der Waals surface area (Å²) in [5.41, 5.74) is 0.446. The number of carbonyl (C=O) groups is 2. The van der Waals surface area contributed by atoms with Crippen LogP contribution in [0.1, 0.15) is 25.7 Å². The van der Waals surface area contributed by atoms with E-state index in [1.807, 2.05) is 0 Å². The van der Waals surface area contributed by atoms with Crippen molar-refractivity contribution in [2.75, 3.05) is 18.4 Å². The van der Waals surface area contributed by atoms with Crippen molar-refractivity contribution in [3.63, 3.8) is 0 Å². The summed E-state index contributed by atoms with van der Waals surface area (Å²) in [5, 5.41) is 3.65. The van der Waals surface area contributed by atoms with E-state index in [2.05, 4.69) is 15.2 Å². The number of rotatable bonds is 3. The molecular formula is C16H17Cl2N3O2S. The summed E-state index contributed by atoms with van der Waals surface area (Å²) in [7, 11) is 0. The average molecular weight is 386 g/mol. The largest absolute Gasteiger partial charge is 0.351 e. The van der Waals surface area contributed by atoms with Crippen molar-refractivity contribution >= 4 is 57.6 Å². The van der Waals surface area contributed by atoms with Crippen molar-refractivity contribution in [1.29, 1.82) is 0 Å². The van der Waals surface area contributed by atoms with Crippen molar-refractivity contribution in [2.24, 2.45) is 4.99 Å². The zero-order chi connectivity index (χ0) is 17.1. The molecule has 0 radical (unpaired) electrons. The number of hydrogen-bond acceptors (Lipinski definition) is 4. The summed E-state index contributed by atoms with van der Waals surface area (Å²) in [6, 6.07) is 5.02. The number of amidine groups is 1. The maximum atomic E-state index is 12.2. The zero-order valence-corrected chi connectivity index (χ0v) is 15.3. The molecule has 1 fully saturated rings. The van der Waals surface area contributed by atoms with Gasteiger partial charge in [-0.05, 0) is 31.4 Å². The molecule has 1 aromatic rings. The Balaban J connectivity index is 1.57. The Hall–Kier alpha value is -1.24. The third kappa shape index (κ3) is 4.05. The number of carbonyl (C=O) groups excluding carboxylic acids is 2. The van der Waals surface area contributed by atoms with Crippen LogP contribution in [0.5, 0.6) is 0 Å². The predicted molar refractivity (Wildman–Crippen MR) is 99.0 cm³/mol. The summed E-state index contributed by atoms with van der Waals surface area (Å²) in [6.45, 7) is 1.85. The van der Waals surface area contributed by atoms with Crippen LogP contribution >= 0.6 is 35.0 Å². The number of hydrogen-bond donors (Lipinski definition) is 1. The van der Waals surface area contributed by atoms with Crippen LogP contribution in [0.4, 0.5) is 5.69 Å². The number of aliphatic imine (C=N–C) groups is 1. The monoisotopic (exact) mass is 385 g/mol. The quantitative estimate of drug-likeness (QED) is 0.858. The number of likely N-dealkylation sites (tertiary alicyclic amines) is 1. The molecule has 24 heavy (non-hydrogen) atoms. The molecule has 8 heteroatoms. The molecule has 0 spiro atoms. The molecule has 0 aromatic heterocycles. The minimum Gasteiger partial charge on any atom is -0.351 e. The van der Waals surface area contributed by atoms with Crippen molar-refractivity contribution in [1.82, 2.24) is 4.90 Å². The van der Waals surface area contributed by atoms with Crippen LogP contribution in [0.25, 0.3) is 0 Å². The molecule has 2 aliphatic heterocycles. The number of benzene rings is 1. The van der Waals surface area contributed by atoms with Gasteiger partial charge in [-0.1, -0.05) is 41.0 Å². The third-order valence-electron chi connectivity index (χ3n) is 3.95. The van der Waals surface area contributed by atoms with Crippen molar-refractivity contribution in [2.45, 2.75) is 30.9 Å². The first-order chi connectivity index (χ1) is 11.5. The van der Waals surface area contributed by atoms with E-state index >= 15 is 0 Å². The molecule has 0 bridgehead atoms. The maximum Gasteiger partial charge on any atom is 0.262 e. The minimum atomic E-state index is -0.472. The number of piperidine rings is 1. The van der Waals surface area contributed by atoms with E-state index in [0.29, 0.717) is 15.7 Å². The molecule has 3 rings (SSSR count). The summed E-state index contributed by atoms with van der Waals surface area (Å²) in [4.78, 5) is 30.6. The molecule has 2 aliphatic rings. The average Bonchev–Trinajstić information content (AvgIpc) is 2.93. The van der Waals surface area contributed by atoms with Crippen LogP contribution in [-0.2, 0) is 9.59 Å². The van der Waals surface area contributed by atoms with Crippen LogP contribution in [0, 0.1) is 0 Å². The van der Waals surface area contributed by atoms with E-state index in [9.17, 15) is 9.59 Å². The van der Waals surface area contributed by atoms with Gasteiger partial charge in [0, 0.05) is 19.5 Å². The number of halogens is 2. The van der Waals surface area contributed by atoms with Gasteiger partial charge in [0.25, 0.3) is 5.91 Å². The lowest BCUT2D eigenvalue weighted by atomic mass is 10.1. The first-order valence-corrected chi connectivity index (χ1v) is 9.46. The first-order valence-electron chi connectivity index (χ1n) is 7.82. The Labute approximate surface area is 154 Å². The lowest BCUT2D eigenvalue weighted by molar-refractivity contribution is -0.121. The van der Waals surface area contributed by atoms with Gasteiger partial charge in [0.05, 0.1) is 15.7 Å². The number of anilines is 1. The molecular weight excluding hydrogens is 369 g/mol. The molecule has 1 aromatic carbocycles. The Morgan fingerprint density at radius 3 is 2.79 bits per heavy atom. The highest BCUT2D eigenvalue weighted by Crippen LogP contribution is 2.31. The van der Waals surface area contributed by atoms with E-state index in [4.69, 9.17) is 23.2 Å². The van der Waals surface area contributed by atoms with Crippen molar-refractivity contribution in [3.8, 4) is 0 Å². The Kier molecular flexibility index (Phi) is 5.69. The van der Waals surface area contributed by atoms with Crippen LogP contribution in [0.3, 0.4) is 0 Å². The highest BCUT2D eigenvalue weighted by Gasteiger charge is 2.33. The zero-order valence-electron chi connectivity index (χ0n) is 12.9. The predicted octanol–water partition coefficient (Wildman–Crippen LogP) is 3.81. The summed E-state index contributed by atoms with van der Waals surface area (Å²) >= 11 is 13.4. The van der Waals surface area contributed by atoms with E-state index in [-0.39, 0.29) is 18.2 Å².